The van der Waals surface area contributed by atoms with Gasteiger partial charge in [-0.25, -0.2) is 0 Å². The SMILES string of the molecule is CC(CC1CCCC1)C(=O)NCC1CCCC(O)C1. The molecule has 2 aliphatic carbocycles. The fraction of sp³-hybridized carbons (Fsp3) is 0.938. The van der Waals surface area contributed by atoms with E-state index in [0.29, 0.717) is 5.92 Å². The molecule has 0 aromatic rings. The van der Waals surface area contributed by atoms with Crippen molar-refractivity contribution in [3.8, 4) is 0 Å². The van der Waals surface area contributed by atoms with Crippen molar-refractivity contribution in [1.82, 2.24) is 5.32 Å². The molecule has 0 spiro atoms. The molecule has 2 saturated carbocycles. The van der Waals surface area contributed by atoms with Crippen molar-refractivity contribution in [2.45, 2.75) is 70.8 Å². The quantitative estimate of drug-likeness (QED) is 0.804. The highest BCUT2D eigenvalue weighted by molar-refractivity contribution is 5.78. The highest BCUT2D eigenvalue weighted by atomic mass is 16.3. The Morgan fingerprint density at radius 2 is 1.84 bits per heavy atom. The van der Waals surface area contributed by atoms with Crippen molar-refractivity contribution in [1.29, 1.82) is 0 Å². The molecule has 0 aliphatic heterocycles. The second kappa shape index (κ2) is 7.28. The van der Waals surface area contributed by atoms with E-state index in [9.17, 15) is 9.90 Å². The van der Waals surface area contributed by atoms with Gasteiger partial charge in [-0.15, -0.1) is 0 Å². The Morgan fingerprint density at radius 1 is 1.16 bits per heavy atom. The van der Waals surface area contributed by atoms with Gasteiger partial charge >= 0.3 is 0 Å². The summed E-state index contributed by atoms with van der Waals surface area (Å²) in [5, 5.41) is 12.7. The molecule has 110 valence electrons. The maximum Gasteiger partial charge on any atom is 0.222 e. The zero-order valence-corrected chi connectivity index (χ0v) is 12.2. The van der Waals surface area contributed by atoms with Crippen LogP contribution in [0.1, 0.15) is 64.7 Å². The first-order valence-electron chi connectivity index (χ1n) is 8.11. The highest BCUT2D eigenvalue weighted by Crippen LogP contribution is 2.30. The lowest BCUT2D eigenvalue weighted by Crippen LogP contribution is -2.36. The minimum atomic E-state index is -0.147. The van der Waals surface area contributed by atoms with E-state index in [0.717, 1.165) is 44.6 Å². The van der Waals surface area contributed by atoms with Crippen molar-refractivity contribution >= 4 is 5.91 Å². The van der Waals surface area contributed by atoms with Gasteiger partial charge in [-0.1, -0.05) is 39.0 Å². The molecule has 0 radical (unpaired) electrons. The Bertz CT molecular complexity index is 286. The number of carbonyl (C=O) groups excluding carboxylic acids is 1. The summed E-state index contributed by atoms with van der Waals surface area (Å²) in [4.78, 5) is 12.1. The van der Waals surface area contributed by atoms with Gasteiger partial charge in [-0.05, 0) is 37.5 Å². The fourth-order valence-corrected chi connectivity index (χ4v) is 3.72. The second-order valence-electron chi connectivity index (χ2n) is 6.72. The molecule has 2 fully saturated rings. The van der Waals surface area contributed by atoms with E-state index >= 15 is 0 Å². The molecule has 3 unspecified atom stereocenters. The van der Waals surface area contributed by atoms with E-state index in [1.165, 1.54) is 25.7 Å². The standard InChI is InChI=1S/C16H29NO2/c1-12(9-13-5-2-3-6-13)16(19)17-11-14-7-4-8-15(18)10-14/h12-15,18H,2-11H2,1H3,(H,17,19). The predicted octanol–water partition coefficient (Wildman–Crippen LogP) is 2.87. The van der Waals surface area contributed by atoms with E-state index in [2.05, 4.69) is 12.2 Å². The summed E-state index contributed by atoms with van der Waals surface area (Å²) in [6, 6.07) is 0. The van der Waals surface area contributed by atoms with Crippen LogP contribution in [-0.4, -0.2) is 23.7 Å². The van der Waals surface area contributed by atoms with Gasteiger partial charge < -0.3 is 10.4 Å². The summed E-state index contributed by atoms with van der Waals surface area (Å²) in [7, 11) is 0. The first-order valence-corrected chi connectivity index (χ1v) is 8.11. The van der Waals surface area contributed by atoms with Crippen LogP contribution in [-0.2, 0) is 4.79 Å². The van der Waals surface area contributed by atoms with E-state index in [1.54, 1.807) is 0 Å². The van der Waals surface area contributed by atoms with Crippen LogP contribution < -0.4 is 5.32 Å². The number of amides is 1. The van der Waals surface area contributed by atoms with Crippen LogP contribution >= 0.6 is 0 Å². The molecule has 0 bridgehead atoms. The second-order valence-corrected chi connectivity index (χ2v) is 6.72. The Morgan fingerprint density at radius 3 is 2.53 bits per heavy atom. The van der Waals surface area contributed by atoms with Gasteiger partial charge in [0.25, 0.3) is 0 Å². The molecule has 0 aromatic carbocycles. The van der Waals surface area contributed by atoms with E-state index < -0.39 is 0 Å². The van der Waals surface area contributed by atoms with Gasteiger partial charge in [0.1, 0.15) is 0 Å². The smallest absolute Gasteiger partial charge is 0.222 e. The van der Waals surface area contributed by atoms with Gasteiger partial charge in [-0.3, -0.25) is 4.79 Å². The van der Waals surface area contributed by atoms with Crippen LogP contribution in [0, 0.1) is 17.8 Å². The zero-order chi connectivity index (χ0) is 13.7. The third-order valence-corrected chi connectivity index (χ3v) is 4.93. The van der Waals surface area contributed by atoms with Crippen LogP contribution in [0.4, 0.5) is 0 Å². The largest absolute Gasteiger partial charge is 0.393 e. The third-order valence-electron chi connectivity index (χ3n) is 4.93. The summed E-state index contributed by atoms with van der Waals surface area (Å²) in [5.74, 6) is 1.62. The molecular formula is C16H29NO2. The zero-order valence-electron chi connectivity index (χ0n) is 12.2. The molecule has 1 amide bonds. The maximum atomic E-state index is 12.1. The molecule has 2 rings (SSSR count). The van der Waals surface area contributed by atoms with Crippen LogP contribution in [0.3, 0.4) is 0 Å². The molecule has 0 aromatic heterocycles. The molecular weight excluding hydrogens is 238 g/mol. The summed E-state index contributed by atoms with van der Waals surface area (Å²) in [5.41, 5.74) is 0. The fourth-order valence-electron chi connectivity index (χ4n) is 3.72. The molecule has 3 heteroatoms. The van der Waals surface area contributed by atoms with Gasteiger partial charge in [0, 0.05) is 12.5 Å². The van der Waals surface area contributed by atoms with Gasteiger partial charge in [0.15, 0.2) is 0 Å². The summed E-state index contributed by atoms with van der Waals surface area (Å²) in [6.45, 7) is 2.81. The number of aliphatic hydroxyl groups excluding tert-OH is 1. The average Bonchev–Trinajstić information content (AvgIpc) is 2.89. The van der Waals surface area contributed by atoms with Crippen LogP contribution in [0.25, 0.3) is 0 Å². The summed E-state index contributed by atoms with van der Waals surface area (Å²) >= 11 is 0. The first kappa shape index (κ1) is 14.8. The normalized spacial score (nSPS) is 30.2. The maximum absolute atomic E-state index is 12.1. The molecule has 3 atom stereocenters. The molecule has 2 aliphatic rings. The number of rotatable bonds is 5. The van der Waals surface area contributed by atoms with Crippen LogP contribution in [0.15, 0.2) is 0 Å². The number of nitrogens with one attached hydrogen (secondary N) is 1. The monoisotopic (exact) mass is 267 g/mol. The van der Waals surface area contributed by atoms with E-state index in [-0.39, 0.29) is 17.9 Å². The van der Waals surface area contributed by atoms with Gasteiger partial charge in [0.05, 0.1) is 6.10 Å². The first-order chi connectivity index (χ1) is 9.15. The number of hydrogen-bond acceptors (Lipinski definition) is 2. The van der Waals surface area contributed by atoms with Crippen molar-refractivity contribution in [3.63, 3.8) is 0 Å². The Balaban J connectivity index is 1.65. The lowest BCUT2D eigenvalue weighted by atomic mass is 9.87. The van der Waals surface area contributed by atoms with E-state index in [4.69, 9.17) is 0 Å². The van der Waals surface area contributed by atoms with Crippen molar-refractivity contribution in [3.05, 3.63) is 0 Å². The van der Waals surface area contributed by atoms with Crippen molar-refractivity contribution < 1.29 is 9.90 Å². The molecule has 19 heavy (non-hydrogen) atoms. The Kier molecular flexibility index (Phi) is 5.68. The predicted molar refractivity (Wildman–Crippen MR) is 76.7 cm³/mol. The van der Waals surface area contributed by atoms with Crippen LogP contribution in [0.5, 0.6) is 0 Å². The number of carbonyl (C=O) groups is 1. The molecule has 0 saturated heterocycles. The summed E-state index contributed by atoms with van der Waals surface area (Å²) in [6.07, 6.45) is 10.3. The lowest BCUT2D eigenvalue weighted by molar-refractivity contribution is -0.125. The van der Waals surface area contributed by atoms with Crippen molar-refractivity contribution in [2.24, 2.45) is 17.8 Å². The van der Waals surface area contributed by atoms with Crippen LogP contribution in [0.2, 0.25) is 0 Å². The minimum Gasteiger partial charge on any atom is -0.393 e. The highest BCUT2D eigenvalue weighted by Gasteiger charge is 2.24. The Labute approximate surface area is 117 Å². The lowest BCUT2D eigenvalue weighted by Gasteiger charge is -2.26. The Hall–Kier alpha value is -0.570. The number of aliphatic hydroxyl groups is 1. The number of hydrogen-bond donors (Lipinski definition) is 2. The minimum absolute atomic E-state index is 0.147. The average molecular weight is 267 g/mol. The molecule has 3 nitrogen and oxygen atoms in total. The molecule has 2 N–H and O–H groups in total. The van der Waals surface area contributed by atoms with Gasteiger partial charge in [0.2, 0.25) is 5.91 Å². The van der Waals surface area contributed by atoms with Gasteiger partial charge in [-0.2, -0.15) is 0 Å². The summed E-state index contributed by atoms with van der Waals surface area (Å²) < 4.78 is 0. The molecule has 0 heterocycles. The van der Waals surface area contributed by atoms with Crippen molar-refractivity contribution in [2.75, 3.05) is 6.54 Å². The third kappa shape index (κ3) is 4.79. The topological polar surface area (TPSA) is 49.3 Å². The van der Waals surface area contributed by atoms with E-state index in [1.807, 2.05) is 0 Å².